The van der Waals surface area contributed by atoms with Gasteiger partial charge >= 0.3 is 0 Å². The molecular weight excluding hydrogens is 499 g/mol. The van der Waals surface area contributed by atoms with E-state index >= 15 is 0 Å². The molecule has 3 rings (SSSR count). The van der Waals surface area contributed by atoms with Gasteiger partial charge in [0.15, 0.2) is 5.96 Å². The zero-order valence-electron chi connectivity index (χ0n) is 17.1. The highest BCUT2D eigenvalue weighted by Crippen LogP contribution is 2.25. The van der Waals surface area contributed by atoms with Crippen molar-refractivity contribution in [2.45, 2.75) is 19.2 Å². The Morgan fingerprint density at radius 1 is 1.17 bits per heavy atom. The van der Waals surface area contributed by atoms with Crippen LogP contribution in [0.1, 0.15) is 22.0 Å². The molecule has 1 aromatic carbocycles. The molecule has 8 heteroatoms. The van der Waals surface area contributed by atoms with E-state index in [4.69, 9.17) is 9.47 Å². The van der Waals surface area contributed by atoms with Gasteiger partial charge in [-0.1, -0.05) is 30.3 Å². The van der Waals surface area contributed by atoms with Crippen molar-refractivity contribution in [2.24, 2.45) is 4.99 Å². The lowest BCUT2D eigenvalue weighted by molar-refractivity contribution is 0.0177. The van der Waals surface area contributed by atoms with Gasteiger partial charge in [0.2, 0.25) is 0 Å². The Labute approximate surface area is 194 Å². The van der Waals surface area contributed by atoms with Crippen LogP contribution in [0.2, 0.25) is 0 Å². The number of nitrogens with zero attached hydrogens (tertiary/aromatic N) is 2. The Balaban J connectivity index is 0.00000300. The van der Waals surface area contributed by atoms with Gasteiger partial charge in [0.05, 0.1) is 25.9 Å². The largest absolute Gasteiger partial charge is 0.380 e. The van der Waals surface area contributed by atoms with Crippen LogP contribution in [0.4, 0.5) is 0 Å². The lowest BCUT2D eigenvalue weighted by Crippen LogP contribution is -2.46. The summed E-state index contributed by atoms with van der Waals surface area (Å²) < 4.78 is 10.8. The highest BCUT2D eigenvalue weighted by molar-refractivity contribution is 14.0. The summed E-state index contributed by atoms with van der Waals surface area (Å²) in [4.78, 5) is 8.26. The summed E-state index contributed by atoms with van der Waals surface area (Å²) in [6, 6.07) is 13.0. The molecule has 2 N–H and O–H groups in total. The zero-order chi connectivity index (χ0) is 19.6. The summed E-state index contributed by atoms with van der Waals surface area (Å²) in [7, 11) is 3.53. The van der Waals surface area contributed by atoms with Crippen LogP contribution in [-0.4, -0.2) is 57.9 Å². The van der Waals surface area contributed by atoms with Gasteiger partial charge in [-0.2, -0.15) is 0 Å². The van der Waals surface area contributed by atoms with Crippen molar-refractivity contribution in [2.75, 3.05) is 47.0 Å². The first-order valence-corrected chi connectivity index (χ1v) is 10.5. The topological polar surface area (TPSA) is 58.1 Å². The summed E-state index contributed by atoms with van der Waals surface area (Å²) in [5.74, 6) is 0.807. The molecule has 0 saturated carbocycles. The van der Waals surface area contributed by atoms with Crippen LogP contribution >= 0.6 is 35.3 Å². The number of halogens is 1. The van der Waals surface area contributed by atoms with E-state index in [0.29, 0.717) is 19.2 Å². The van der Waals surface area contributed by atoms with Crippen LogP contribution < -0.4 is 10.6 Å². The zero-order valence-corrected chi connectivity index (χ0v) is 20.2. The smallest absolute Gasteiger partial charge is 0.191 e. The van der Waals surface area contributed by atoms with Crippen molar-refractivity contribution in [3.8, 4) is 0 Å². The van der Waals surface area contributed by atoms with Crippen molar-refractivity contribution in [3.05, 3.63) is 57.8 Å². The van der Waals surface area contributed by atoms with Gasteiger partial charge in [-0.3, -0.25) is 9.89 Å². The van der Waals surface area contributed by atoms with Gasteiger partial charge < -0.3 is 20.1 Å². The van der Waals surface area contributed by atoms with Gasteiger partial charge in [0.25, 0.3) is 0 Å². The second-order valence-electron chi connectivity index (χ2n) is 6.69. The predicted molar refractivity (Wildman–Crippen MR) is 130 cm³/mol. The molecular formula is C21H31IN4O2S. The first-order valence-electron chi connectivity index (χ1n) is 9.67. The van der Waals surface area contributed by atoms with E-state index in [-0.39, 0.29) is 24.0 Å². The van der Waals surface area contributed by atoms with E-state index in [0.717, 1.165) is 38.8 Å². The number of guanidine groups is 1. The number of benzene rings is 1. The van der Waals surface area contributed by atoms with Crippen LogP contribution in [0.3, 0.4) is 0 Å². The van der Waals surface area contributed by atoms with Gasteiger partial charge in [-0.15, -0.1) is 35.3 Å². The molecule has 6 nitrogen and oxygen atoms in total. The first-order chi connectivity index (χ1) is 13.8. The summed E-state index contributed by atoms with van der Waals surface area (Å²) in [5.41, 5.74) is 2.41. The van der Waals surface area contributed by atoms with Crippen molar-refractivity contribution in [1.82, 2.24) is 15.5 Å². The van der Waals surface area contributed by atoms with Crippen molar-refractivity contribution < 1.29 is 9.47 Å². The summed E-state index contributed by atoms with van der Waals surface area (Å²) >= 11 is 1.80. The quantitative estimate of drug-likeness (QED) is 0.312. The lowest BCUT2D eigenvalue weighted by atomic mass is 10.1. The molecule has 0 aliphatic carbocycles. The van der Waals surface area contributed by atoms with Crippen molar-refractivity contribution in [3.63, 3.8) is 0 Å². The minimum atomic E-state index is 0. The Morgan fingerprint density at radius 2 is 1.93 bits per heavy atom. The van der Waals surface area contributed by atoms with Crippen molar-refractivity contribution >= 4 is 41.3 Å². The maximum atomic E-state index is 5.53. The minimum Gasteiger partial charge on any atom is -0.380 e. The number of aliphatic imine (C=N–C) groups is 1. The maximum Gasteiger partial charge on any atom is 0.191 e. The van der Waals surface area contributed by atoms with E-state index in [9.17, 15) is 0 Å². The molecule has 29 heavy (non-hydrogen) atoms. The molecule has 2 aromatic rings. The molecule has 0 spiro atoms. The summed E-state index contributed by atoms with van der Waals surface area (Å²) in [6.07, 6.45) is 0. The Morgan fingerprint density at radius 3 is 2.59 bits per heavy atom. The fraction of sp³-hybridized carbons (Fsp3) is 0.476. The molecule has 0 radical (unpaired) electrons. The van der Waals surface area contributed by atoms with Crippen molar-refractivity contribution in [1.29, 1.82) is 0 Å². The monoisotopic (exact) mass is 530 g/mol. The van der Waals surface area contributed by atoms with E-state index in [2.05, 4.69) is 56.2 Å². The number of hydrogen-bond acceptors (Lipinski definition) is 5. The second kappa shape index (κ2) is 13.2. The Bertz CT molecular complexity index is 736. The summed E-state index contributed by atoms with van der Waals surface area (Å²) in [5, 5.41) is 9.08. The predicted octanol–water partition coefficient (Wildman–Crippen LogP) is 3.25. The highest BCUT2D eigenvalue weighted by Gasteiger charge is 2.23. The molecule has 1 unspecified atom stereocenters. The van der Waals surface area contributed by atoms with Crippen LogP contribution in [0, 0.1) is 0 Å². The third-order valence-electron chi connectivity index (χ3n) is 4.91. The molecule has 1 aliphatic heterocycles. The number of thiophene rings is 1. The maximum absolute atomic E-state index is 5.53. The number of hydrogen-bond donors (Lipinski definition) is 2. The Hall–Kier alpha value is -1.20. The number of morpholine rings is 1. The average molecular weight is 530 g/mol. The lowest BCUT2D eigenvalue weighted by Gasteiger charge is -2.34. The van der Waals surface area contributed by atoms with Crippen LogP contribution in [0.25, 0.3) is 0 Å². The van der Waals surface area contributed by atoms with Crippen LogP contribution in [-0.2, 0) is 22.6 Å². The first kappa shape index (κ1) is 24.1. The van der Waals surface area contributed by atoms with E-state index in [1.807, 2.05) is 13.1 Å². The third-order valence-corrected chi connectivity index (χ3v) is 5.88. The molecule has 1 fully saturated rings. The molecule has 1 atom stereocenters. The normalized spacial score (nSPS) is 16.1. The van der Waals surface area contributed by atoms with Gasteiger partial charge in [-0.25, -0.2) is 0 Å². The third kappa shape index (κ3) is 7.21. The molecule has 160 valence electrons. The second-order valence-corrected chi connectivity index (χ2v) is 7.67. The van der Waals surface area contributed by atoms with Gasteiger partial charge in [0.1, 0.15) is 0 Å². The molecule has 0 amide bonds. The van der Waals surface area contributed by atoms with Gasteiger partial charge in [-0.05, 0) is 22.6 Å². The van der Waals surface area contributed by atoms with Gasteiger partial charge in [0, 0.05) is 45.2 Å². The highest BCUT2D eigenvalue weighted by atomic mass is 127. The molecule has 1 aromatic heterocycles. The number of ether oxygens (including phenoxy) is 2. The minimum absolute atomic E-state index is 0. The molecule has 0 bridgehead atoms. The number of methoxy groups -OCH3 is 1. The van der Waals surface area contributed by atoms with Crippen LogP contribution in [0.5, 0.6) is 0 Å². The standard InChI is InChI=1S/C21H30N4O2S.HI/c1-22-21(23-14-17-6-3-4-7-18(17)16-26-2)24-15-19(20-8-5-13-28-20)25-9-11-27-12-10-25;/h3-8,13,19H,9-12,14-16H2,1-2H3,(H2,22,23,24);1H. The fourth-order valence-corrected chi connectivity index (χ4v) is 4.26. The van der Waals surface area contributed by atoms with E-state index in [1.54, 1.807) is 18.4 Å². The summed E-state index contributed by atoms with van der Waals surface area (Å²) in [6.45, 7) is 5.64. The average Bonchev–Trinajstić information content (AvgIpc) is 3.27. The van der Waals surface area contributed by atoms with E-state index in [1.165, 1.54) is 16.0 Å². The Kier molecular flexibility index (Phi) is 10.9. The molecule has 2 heterocycles. The van der Waals surface area contributed by atoms with Crippen LogP contribution in [0.15, 0.2) is 46.8 Å². The molecule has 1 saturated heterocycles. The van der Waals surface area contributed by atoms with E-state index < -0.39 is 0 Å². The molecule has 1 aliphatic rings. The number of rotatable bonds is 8. The number of nitrogens with one attached hydrogen (secondary N) is 2. The fourth-order valence-electron chi connectivity index (χ4n) is 3.40. The SMILES string of the molecule is CN=C(NCc1ccccc1COC)NCC(c1cccs1)N1CCOCC1.I.